The van der Waals surface area contributed by atoms with E-state index in [1.54, 1.807) is 28.8 Å². The van der Waals surface area contributed by atoms with Crippen LogP contribution >= 0.6 is 0 Å². The summed E-state index contributed by atoms with van der Waals surface area (Å²) in [7, 11) is 0. The van der Waals surface area contributed by atoms with E-state index in [4.69, 9.17) is 5.73 Å². The third-order valence-corrected chi connectivity index (χ3v) is 3.58. The molecule has 0 fully saturated rings. The van der Waals surface area contributed by atoms with Crippen LogP contribution < -0.4 is 11.1 Å². The monoisotopic (exact) mass is 322 g/mol. The van der Waals surface area contributed by atoms with E-state index in [1.807, 2.05) is 38.2 Å². The molecule has 0 saturated heterocycles. The Hall–Kier alpha value is -3.15. The summed E-state index contributed by atoms with van der Waals surface area (Å²) >= 11 is 0. The molecule has 0 atom stereocenters. The van der Waals surface area contributed by atoms with Crippen LogP contribution in [0.2, 0.25) is 0 Å². The van der Waals surface area contributed by atoms with Crippen LogP contribution in [-0.2, 0) is 0 Å². The average molecular weight is 322 g/mol. The number of carbonyl (C=O) groups excluding carboxylic acids is 2. The van der Waals surface area contributed by atoms with Crippen molar-refractivity contribution in [1.29, 1.82) is 0 Å². The van der Waals surface area contributed by atoms with Gasteiger partial charge >= 0.3 is 0 Å². The Bertz CT molecular complexity index is 928. The van der Waals surface area contributed by atoms with Gasteiger partial charge in [0.1, 0.15) is 11.3 Å². The van der Waals surface area contributed by atoms with E-state index in [0.717, 1.165) is 11.1 Å². The van der Waals surface area contributed by atoms with Gasteiger partial charge in [0.05, 0.1) is 0 Å². The van der Waals surface area contributed by atoms with Crippen LogP contribution in [0.15, 0.2) is 48.8 Å². The number of amides is 2. The zero-order valence-electron chi connectivity index (χ0n) is 13.5. The lowest BCUT2D eigenvalue weighted by molar-refractivity contribution is 0.0937. The molecule has 122 valence electrons. The molecule has 0 unspecified atom stereocenters. The third-order valence-electron chi connectivity index (χ3n) is 3.58. The molecule has 0 aliphatic carbocycles. The third kappa shape index (κ3) is 3.12. The summed E-state index contributed by atoms with van der Waals surface area (Å²) in [5.41, 5.74) is 8.60. The first-order valence-corrected chi connectivity index (χ1v) is 7.64. The number of nitrogens with two attached hydrogens (primary N) is 1. The van der Waals surface area contributed by atoms with Crippen LogP contribution in [0.1, 0.15) is 34.7 Å². The van der Waals surface area contributed by atoms with Gasteiger partial charge in [-0.05, 0) is 49.2 Å². The molecule has 6 heteroatoms. The van der Waals surface area contributed by atoms with E-state index in [0.29, 0.717) is 16.9 Å². The smallest absolute Gasteiger partial charge is 0.271 e. The topological polar surface area (TPSA) is 89.5 Å². The van der Waals surface area contributed by atoms with Crippen molar-refractivity contribution < 1.29 is 9.59 Å². The van der Waals surface area contributed by atoms with Crippen LogP contribution in [-0.4, -0.2) is 27.2 Å². The molecule has 0 radical (unpaired) electrons. The molecule has 6 nitrogen and oxygen atoms in total. The standard InChI is InChI=1S/C18H18N4O2/c1-11(2)20-18(24)15-10-22-9-14(6-7-16(22)21-15)12-4-3-5-13(8-12)17(19)23/h3-11H,1-2H3,(H2,19,23)(H,20,24). The van der Waals surface area contributed by atoms with Gasteiger partial charge in [0.15, 0.2) is 0 Å². The zero-order chi connectivity index (χ0) is 17.3. The minimum atomic E-state index is -0.465. The number of imidazole rings is 1. The number of fused-ring (bicyclic) bond motifs is 1. The zero-order valence-corrected chi connectivity index (χ0v) is 13.5. The molecule has 2 heterocycles. The Labute approximate surface area is 139 Å². The van der Waals surface area contributed by atoms with E-state index in [1.165, 1.54) is 0 Å². The number of aromatic nitrogens is 2. The van der Waals surface area contributed by atoms with Gasteiger partial charge in [-0.2, -0.15) is 0 Å². The second-order valence-electron chi connectivity index (χ2n) is 5.88. The molecule has 0 bridgehead atoms. The molecule has 3 N–H and O–H groups in total. The first-order valence-electron chi connectivity index (χ1n) is 7.64. The predicted molar refractivity (Wildman–Crippen MR) is 91.7 cm³/mol. The maximum absolute atomic E-state index is 12.1. The number of pyridine rings is 1. The highest BCUT2D eigenvalue weighted by Crippen LogP contribution is 2.21. The van der Waals surface area contributed by atoms with Crippen LogP contribution in [0.5, 0.6) is 0 Å². The number of hydrogen-bond donors (Lipinski definition) is 2. The van der Waals surface area contributed by atoms with Crippen LogP contribution in [0, 0.1) is 0 Å². The van der Waals surface area contributed by atoms with Crippen molar-refractivity contribution in [2.45, 2.75) is 19.9 Å². The first-order chi connectivity index (χ1) is 11.4. The highest BCUT2D eigenvalue weighted by molar-refractivity contribution is 5.94. The number of benzene rings is 1. The first kappa shape index (κ1) is 15.7. The maximum atomic E-state index is 12.1. The SMILES string of the molecule is CC(C)NC(=O)c1cn2cc(-c3cccc(C(N)=O)c3)ccc2n1. The number of carbonyl (C=O) groups is 2. The number of rotatable bonds is 4. The summed E-state index contributed by atoms with van der Waals surface area (Å²) in [6.45, 7) is 3.80. The molecule has 3 rings (SSSR count). The lowest BCUT2D eigenvalue weighted by Crippen LogP contribution is -2.30. The van der Waals surface area contributed by atoms with Gasteiger partial charge in [-0.25, -0.2) is 4.98 Å². The van der Waals surface area contributed by atoms with Crippen LogP contribution in [0.25, 0.3) is 16.8 Å². The normalized spacial score (nSPS) is 11.0. The molecule has 3 aromatic rings. The van der Waals surface area contributed by atoms with E-state index >= 15 is 0 Å². The largest absolute Gasteiger partial charge is 0.366 e. The Balaban J connectivity index is 1.98. The van der Waals surface area contributed by atoms with E-state index in [9.17, 15) is 9.59 Å². The van der Waals surface area contributed by atoms with Gasteiger partial charge < -0.3 is 15.5 Å². The molecule has 1 aromatic carbocycles. The highest BCUT2D eigenvalue weighted by Gasteiger charge is 2.12. The van der Waals surface area contributed by atoms with E-state index in [-0.39, 0.29) is 11.9 Å². The van der Waals surface area contributed by atoms with E-state index < -0.39 is 5.91 Å². The number of nitrogens with one attached hydrogen (secondary N) is 1. The number of nitrogens with zero attached hydrogens (tertiary/aromatic N) is 2. The molecular formula is C18H18N4O2. The van der Waals surface area contributed by atoms with Crippen molar-refractivity contribution in [3.8, 4) is 11.1 Å². The summed E-state index contributed by atoms with van der Waals surface area (Å²) in [6, 6.07) is 10.9. The molecule has 0 aliphatic heterocycles. The maximum Gasteiger partial charge on any atom is 0.271 e. The summed E-state index contributed by atoms with van der Waals surface area (Å²) in [4.78, 5) is 27.7. The van der Waals surface area contributed by atoms with Crippen LogP contribution in [0.4, 0.5) is 0 Å². The summed E-state index contributed by atoms with van der Waals surface area (Å²) < 4.78 is 1.79. The molecule has 0 aliphatic rings. The van der Waals surface area contributed by atoms with Crippen molar-refractivity contribution in [3.05, 3.63) is 60.0 Å². The second-order valence-corrected chi connectivity index (χ2v) is 5.88. The molecule has 0 saturated carbocycles. The summed E-state index contributed by atoms with van der Waals surface area (Å²) in [5.74, 6) is -0.667. The summed E-state index contributed by atoms with van der Waals surface area (Å²) in [5, 5.41) is 2.82. The molecule has 2 amide bonds. The van der Waals surface area contributed by atoms with Gasteiger partial charge in [0, 0.05) is 24.0 Å². The molecule has 24 heavy (non-hydrogen) atoms. The quantitative estimate of drug-likeness (QED) is 0.772. The minimum Gasteiger partial charge on any atom is -0.366 e. The molecule has 2 aromatic heterocycles. The van der Waals surface area contributed by atoms with Gasteiger partial charge in [0.2, 0.25) is 5.91 Å². The lowest BCUT2D eigenvalue weighted by Gasteiger charge is -2.05. The second kappa shape index (κ2) is 6.16. The number of primary amides is 1. The molecular weight excluding hydrogens is 304 g/mol. The van der Waals surface area contributed by atoms with Crippen molar-refractivity contribution >= 4 is 17.5 Å². The molecule has 0 spiro atoms. The minimum absolute atomic E-state index is 0.0504. The van der Waals surface area contributed by atoms with Crippen molar-refractivity contribution in [3.63, 3.8) is 0 Å². The van der Waals surface area contributed by atoms with Crippen molar-refractivity contribution in [2.24, 2.45) is 5.73 Å². The van der Waals surface area contributed by atoms with Crippen molar-refractivity contribution in [2.75, 3.05) is 0 Å². The van der Waals surface area contributed by atoms with Gasteiger partial charge in [-0.15, -0.1) is 0 Å². The van der Waals surface area contributed by atoms with Gasteiger partial charge in [-0.1, -0.05) is 12.1 Å². The Morgan fingerprint density at radius 3 is 2.62 bits per heavy atom. The number of hydrogen-bond acceptors (Lipinski definition) is 3. The van der Waals surface area contributed by atoms with Gasteiger partial charge in [-0.3, -0.25) is 9.59 Å². The van der Waals surface area contributed by atoms with Gasteiger partial charge in [0.25, 0.3) is 5.91 Å². The Morgan fingerprint density at radius 1 is 1.12 bits per heavy atom. The highest BCUT2D eigenvalue weighted by atomic mass is 16.2. The fourth-order valence-electron chi connectivity index (χ4n) is 2.46. The fraction of sp³-hybridized carbons (Fsp3) is 0.167. The predicted octanol–water partition coefficient (Wildman–Crippen LogP) is 2.24. The van der Waals surface area contributed by atoms with Crippen LogP contribution in [0.3, 0.4) is 0 Å². The van der Waals surface area contributed by atoms with E-state index in [2.05, 4.69) is 10.3 Å². The Kier molecular flexibility index (Phi) is 4.04. The Morgan fingerprint density at radius 2 is 1.92 bits per heavy atom. The summed E-state index contributed by atoms with van der Waals surface area (Å²) in [6.07, 6.45) is 3.56. The average Bonchev–Trinajstić information content (AvgIpc) is 2.97. The van der Waals surface area contributed by atoms with Crippen molar-refractivity contribution in [1.82, 2.24) is 14.7 Å². The lowest BCUT2D eigenvalue weighted by atomic mass is 10.0. The fourth-order valence-corrected chi connectivity index (χ4v) is 2.46.